The van der Waals surface area contributed by atoms with Gasteiger partial charge in [-0.2, -0.15) is 0 Å². The lowest BCUT2D eigenvalue weighted by Crippen LogP contribution is -2.35. The van der Waals surface area contributed by atoms with E-state index in [0.717, 1.165) is 12.0 Å². The molecule has 0 saturated heterocycles. The summed E-state index contributed by atoms with van der Waals surface area (Å²) in [5, 5.41) is 6.90. The summed E-state index contributed by atoms with van der Waals surface area (Å²) in [6.07, 6.45) is 0.935. The molecule has 0 unspecified atom stereocenters. The summed E-state index contributed by atoms with van der Waals surface area (Å²) in [7, 11) is 0. The maximum atomic E-state index is 12.0. The Bertz CT molecular complexity index is 640. The molecule has 0 aliphatic carbocycles. The molecule has 0 aliphatic heterocycles. The minimum atomic E-state index is -0.0180. The maximum Gasteiger partial charge on any atom is 0.234 e. The number of halogens is 1. The van der Waals surface area contributed by atoms with Crippen molar-refractivity contribution < 1.29 is 4.79 Å². The van der Waals surface area contributed by atoms with Crippen molar-refractivity contribution in [2.45, 2.75) is 32.9 Å². The van der Waals surface area contributed by atoms with Gasteiger partial charge in [0.15, 0.2) is 0 Å². The number of nitrogens with one attached hydrogen (secondary N) is 2. The van der Waals surface area contributed by atoms with E-state index < -0.39 is 0 Å². The molecule has 1 amide bonds. The molecule has 0 radical (unpaired) electrons. The van der Waals surface area contributed by atoms with Crippen molar-refractivity contribution >= 4 is 17.5 Å². The fourth-order valence-electron chi connectivity index (χ4n) is 2.42. The van der Waals surface area contributed by atoms with E-state index in [1.165, 1.54) is 11.1 Å². The Kier molecular flexibility index (Phi) is 6.63. The quantitative estimate of drug-likeness (QED) is 0.805. The van der Waals surface area contributed by atoms with Crippen molar-refractivity contribution in [2.75, 3.05) is 6.54 Å². The number of carbonyl (C=O) groups excluding carboxylic acids is 1. The Labute approximate surface area is 143 Å². The van der Waals surface area contributed by atoms with Crippen molar-refractivity contribution in [1.29, 1.82) is 0 Å². The average molecular weight is 331 g/mol. The number of hydrogen-bond donors (Lipinski definition) is 2. The Morgan fingerprint density at radius 2 is 1.91 bits per heavy atom. The Balaban J connectivity index is 1.81. The Hall–Kier alpha value is -1.84. The second kappa shape index (κ2) is 8.70. The van der Waals surface area contributed by atoms with Crippen LogP contribution in [0.1, 0.15) is 36.1 Å². The van der Waals surface area contributed by atoms with Crippen LogP contribution in [0.2, 0.25) is 5.02 Å². The van der Waals surface area contributed by atoms with Crippen LogP contribution in [0.5, 0.6) is 0 Å². The summed E-state index contributed by atoms with van der Waals surface area (Å²) in [5.74, 6) is -0.0180. The lowest BCUT2D eigenvalue weighted by Gasteiger charge is -2.17. The van der Waals surface area contributed by atoms with Gasteiger partial charge in [0.05, 0.1) is 6.54 Å². The number of hydrogen-bond acceptors (Lipinski definition) is 2. The highest BCUT2D eigenvalue weighted by molar-refractivity contribution is 6.30. The number of rotatable bonds is 7. The molecule has 0 aliphatic rings. The second-order valence-electron chi connectivity index (χ2n) is 5.66. The first-order valence-corrected chi connectivity index (χ1v) is 8.27. The molecule has 23 heavy (non-hydrogen) atoms. The van der Waals surface area contributed by atoms with E-state index in [-0.39, 0.29) is 11.9 Å². The van der Waals surface area contributed by atoms with Crippen LogP contribution >= 0.6 is 11.6 Å². The Morgan fingerprint density at radius 1 is 1.17 bits per heavy atom. The van der Waals surface area contributed by atoms with Crippen LogP contribution in [-0.4, -0.2) is 12.5 Å². The fourth-order valence-corrected chi connectivity index (χ4v) is 2.64. The van der Waals surface area contributed by atoms with Gasteiger partial charge in [0.25, 0.3) is 0 Å². The predicted molar refractivity (Wildman–Crippen MR) is 95.5 cm³/mol. The van der Waals surface area contributed by atoms with E-state index in [1.54, 1.807) is 0 Å². The maximum absolute atomic E-state index is 12.0. The molecular weight excluding hydrogens is 308 g/mol. The van der Waals surface area contributed by atoms with Crippen LogP contribution in [-0.2, 0) is 11.3 Å². The van der Waals surface area contributed by atoms with Gasteiger partial charge in [0, 0.05) is 17.6 Å². The monoisotopic (exact) mass is 330 g/mol. The fraction of sp³-hybridized carbons (Fsp3) is 0.316. The van der Waals surface area contributed by atoms with E-state index in [0.29, 0.717) is 18.1 Å². The molecule has 2 N–H and O–H groups in total. The normalized spacial score (nSPS) is 12.0. The van der Waals surface area contributed by atoms with Crippen LogP contribution in [0.15, 0.2) is 48.5 Å². The van der Waals surface area contributed by atoms with Crippen molar-refractivity contribution in [3.63, 3.8) is 0 Å². The van der Waals surface area contributed by atoms with Gasteiger partial charge in [0.1, 0.15) is 0 Å². The topological polar surface area (TPSA) is 41.1 Å². The summed E-state index contributed by atoms with van der Waals surface area (Å²) < 4.78 is 0. The highest BCUT2D eigenvalue weighted by Crippen LogP contribution is 2.16. The zero-order valence-electron chi connectivity index (χ0n) is 13.6. The van der Waals surface area contributed by atoms with Crippen LogP contribution in [0.4, 0.5) is 0 Å². The van der Waals surface area contributed by atoms with E-state index in [4.69, 9.17) is 11.6 Å². The number of benzene rings is 2. The van der Waals surface area contributed by atoms with Gasteiger partial charge in [-0.25, -0.2) is 0 Å². The minimum absolute atomic E-state index is 0.0180. The predicted octanol–water partition coefficient (Wildman–Crippen LogP) is 4.01. The molecule has 2 aromatic carbocycles. The average Bonchev–Trinajstić information content (AvgIpc) is 2.55. The van der Waals surface area contributed by atoms with E-state index >= 15 is 0 Å². The van der Waals surface area contributed by atoms with E-state index in [1.807, 2.05) is 24.3 Å². The number of carbonyl (C=O) groups is 1. The molecule has 0 fully saturated rings. The van der Waals surface area contributed by atoms with Gasteiger partial charge in [0.2, 0.25) is 5.91 Å². The van der Waals surface area contributed by atoms with Crippen molar-refractivity contribution in [3.05, 3.63) is 70.2 Å². The molecular formula is C19H23ClN2O. The zero-order valence-corrected chi connectivity index (χ0v) is 14.4. The molecule has 122 valence electrons. The molecule has 0 spiro atoms. The third-order valence-corrected chi connectivity index (χ3v) is 4.01. The summed E-state index contributed by atoms with van der Waals surface area (Å²) >= 11 is 5.94. The van der Waals surface area contributed by atoms with Crippen LogP contribution < -0.4 is 10.6 Å². The molecule has 3 nitrogen and oxygen atoms in total. The van der Waals surface area contributed by atoms with Crippen LogP contribution in [0.25, 0.3) is 0 Å². The molecule has 0 saturated carbocycles. The third kappa shape index (κ3) is 5.70. The van der Waals surface area contributed by atoms with Gasteiger partial charge >= 0.3 is 0 Å². The molecule has 2 aromatic rings. The first kappa shape index (κ1) is 17.5. The SMILES string of the molecule is CC[C@@H](NCC(=O)NCc1cccc(Cl)c1)c1ccc(C)cc1. The number of aryl methyl sites for hydroxylation is 1. The summed E-state index contributed by atoms with van der Waals surface area (Å²) in [6, 6.07) is 16.1. The van der Waals surface area contributed by atoms with Gasteiger partial charge in [-0.05, 0) is 36.6 Å². The van der Waals surface area contributed by atoms with Gasteiger partial charge in [-0.3, -0.25) is 4.79 Å². The van der Waals surface area contributed by atoms with Gasteiger partial charge < -0.3 is 10.6 Å². The third-order valence-electron chi connectivity index (χ3n) is 3.78. The summed E-state index contributed by atoms with van der Waals surface area (Å²) in [4.78, 5) is 12.0. The molecule has 4 heteroatoms. The molecule has 0 heterocycles. The summed E-state index contributed by atoms with van der Waals surface area (Å²) in [6.45, 7) is 4.97. The molecule has 2 rings (SSSR count). The number of amides is 1. The van der Waals surface area contributed by atoms with Crippen molar-refractivity contribution in [1.82, 2.24) is 10.6 Å². The lowest BCUT2D eigenvalue weighted by molar-refractivity contribution is -0.120. The smallest absolute Gasteiger partial charge is 0.234 e. The standard InChI is InChI=1S/C19H23ClN2O/c1-3-18(16-9-7-14(2)8-10-16)21-13-19(23)22-12-15-5-4-6-17(20)11-15/h4-11,18,21H,3,12-13H2,1-2H3,(H,22,23)/t18-/m1/s1. The highest BCUT2D eigenvalue weighted by atomic mass is 35.5. The minimum Gasteiger partial charge on any atom is -0.351 e. The largest absolute Gasteiger partial charge is 0.351 e. The van der Waals surface area contributed by atoms with Gasteiger partial charge in [-0.1, -0.05) is 60.5 Å². The lowest BCUT2D eigenvalue weighted by atomic mass is 10.0. The Morgan fingerprint density at radius 3 is 2.57 bits per heavy atom. The van der Waals surface area contributed by atoms with Gasteiger partial charge in [-0.15, -0.1) is 0 Å². The van der Waals surface area contributed by atoms with Crippen LogP contribution in [0, 0.1) is 6.92 Å². The van der Waals surface area contributed by atoms with Crippen molar-refractivity contribution in [3.8, 4) is 0 Å². The highest BCUT2D eigenvalue weighted by Gasteiger charge is 2.10. The second-order valence-corrected chi connectivity index (χ2v) is 6.10. The van der Waals surface area contributed by atoms with E-state index in [2.05, 4.69) is 48.7 Å². The molecule has 0 bridgehead atoms. The summed E-state index contributed by atoms with van der Waals surface area (Å²) in [5.41, 5.74) is 3.44. The first-order valence-electron chi connectivity index (χ1n) is 7.89. The van der Waals surface area contributed by atoms with E-state index in [9.17, 15) is 4.79 Å². The van der Waals surface area contributed by atoms with Crippen molar-refractivity contribution in [2.24, 2.45) is 0 Å². The first-order chi connectivity index (χ1) is 11.1. The molecule has 0 aromatic heterocycles. The zero-order chi connectivity index (χ0) is 16.7. The van der Waals surface area contributed by atoms with Crippen LogP contribution in [0.3, 0.4) is 0 Å². The molecule has 1 atom stereocenters.